The number of nitrogens with one attached hydrogen (secondary N) is 1. The molecule has 2 aliphatic rings. The number of aromatic nitrogens is 1. The van der Waals surface area contributed by atoms with Crippen LogP contribution in [0, 0.1) is 5.92 Å². The van der Waals surface area contributed by atoms with E-state index < -0.39 is 0 Å². The number of hydrogen-bond donors (Lipinski definition) is 1. The topological polar surface area (TPSA) is 28.2 Å². The van der Waals surface area contributed by atoms with Crippen molar-refractivity contribution in [2.24, 2.45) is 5.92 Å². The summed E-state index contributed by atoms with van der Waals surface area (Å²) in [6.45, 7) is 8.00. The lowest BCUT2D eigenvalue weighted by Gasteiger charge is -2.14. The summed E-state index contributed by atoms with van der Waals surface area (Å²) in [6, 6.07) is 0.784. The zero-order valence-corrected chi connectivity index (χ0v) is 13.6. The van der Waals surface area contributed by atoms with E-state index in [1.807, 2.05) is 11.3 Å². The van der Waals surface area contributed by atoms with E-state index in [0.29, 0.717) is 0 Å². The molecule has 1 atom stereocenters. The predicted molar refractivity (Wildman–Crippen MR) is 86.6 cm³/mol. The number of nitrogens with zero attached hydrogens (tertiary/aromatic N) is 2. The molecule has 3 nitrogen and oxygen atoms in total. The maximum atomic E-state index is 4.95. The molecule has 1 aromatic heterocycles. The third-order valence-corrected chi connectivity index (χ3v) is 5.67. The fraction of sp³-hybridized carbons (Fsp3) is 0.812. The maximum absolute atomic E-state index is 4.95. The van der Waals surface area contributed by atoms with Crippen LogP contribution in [0.2, 0.25) is 0 Å². The smallest absolute Gasteiger partial charge is 0.185 e. The van der Waals surface area contributed by atoms with Crippen molar-refractivity contribution in [3.63, 3.8) is 0 Å². The van der Waals surface area contributed by atoms with Crippen LogP contribution in [-0.4, -0.2) is 24.1 Å². The highest BCUT2D eigenvalue weighted by Gasteiger charge is 2.25. The number of thiazole rings is 1. The van der Waals surface area contributed by atoms with Crippen LogP contribution < -0.4 is 10.2 Å². The zero-order chi connectivity index (χ0) is 13.9. The highest BCUT2D eigenvalue weighted by atomic mass is 32.1. The average Bonchev–Trinajstić information content (AvgIpc) is 3.01. The van der Waals surface area contributed by atoms with Crippen LogP contribution >= 0.6 is 11.3 Å². The number of aryl methyl sites for hydroxylation is 1. The first-order valence-corrected chi connectivity index (χ1v) is 9.08. The molecule has 0 spiro atoms. The molecule has 0 amide bonds. The Hall–Kier alpha value is -0.610. The zero-order valence-electron chi connectivity index (χ0n) is 12.8. The Morgan fingerprint density at radius 3 is 2.80 bits per heavy atom. The van der Waals surface area contributed by atoms with Gasteiger partial charge < -0.3 is 10.2 Å². The third-order valence-electron chi connectivity index (χ3n) is 4.52. The summed E-state index contributed by atoms with van der Waals surface area (Å²) in [5.41, 5.74) is 1.35. The van der Waals surface area contributed by atoms with Gasteiger partial charge in [0.15, 0.2) is 5.13 Å². The van der Waals surface area contributed by atoms with Crippen molar-refractivity contribution in [2.45, 2.75) is 65.0 Å². The summed E-state index contributed by atoms with van der Waals surface area (Å²) in [6.07, 6.45) is 7.69. The Morgan fingerprint density at radius 1 is 1.30 bits per heavy atom. The molecule has 1 saturated carbocycles. The molecule has 1 saturated heterocycles. The Kier molecular flexibility index (Phi) is 4.61. The molecule has 112 valence electrons. The van der Waals surface area contributed by atoms with Crippen molar-refractivity contribution in [2.75, 3.05) is 18.0 Å². The summed E-state index contributed by atoms with van der Waals surface area (Å²) in [5.74, 6) is 0.876. The van der Waals surface area contributed by atoms with Crippen molar-refractivity contribution < 1.29 is 0 Å². The van der Waals surface area contributed by atoms with Crippen LogP contribution in [0.15, 0.2) is 0 Å². The minimum absolute atomic E-state index is 0.784. The fourth-order valence-electron chi connectivity index (χ4n) is 2.94. The minimum atomic E-state index is 0.784. The fourth-order valence-corrected chi connectivity index (χ4v) is 4.03. The van der Waals surface area contributed by atoms with E-state index in [0.717, 1.165) is 24.9 Å². The van der Waals surface area contributed by atoms with Crippen LogP contribution in [0.4, 0.5) is 5.13 Å². The van der Waals surface area contributed by atoms with Crippen LogP contribution in [-0.2, 0) is 13.0 Å². The summed E-state index contributed by atoms with van der Waals surface area (Å²) < 4.78 is 0. The molecular formula is C16H27N3S. The summed E-state index contributed by atoms with van der Waals surface area (Å²) in [7, 11) is 0. The second-order valence-corrected chi connectivity index (χ2v) is 7.34. The first kappa shape index (κ1) is 14.3. The molecule has 0 aromatic carbocycles. The van der Waals surface area contributed by atoms with E-state index in [1.165, 1.54) is 60.9 Å². The lowest BCUT2D eigenvalue weighted by molar-refractivity contribution is 0.569. The van der Waals surface area contributed by atoms with E-state index in [2.05, 4.69) is 24.1 Å². The predicted octanol–water partition coefficient (Wildman–Crippen LogP) is 3.58. The normalized spacial score (nSPS) is 22.7. The molecular weight excluding hydrogens is 266 g/mol. The van der Waals surface area contributed by atoms with Gasteiger partial charge in [-0.3, -0.25) is 0 Å². The van der Waals surface area contributed by atoms with Crippen molar-refractivity contribution in [1.82, 2.24) is 10.3 Å². The average molecular weight is 293 g/mol. The van der Waals surface area contributed by atoms with Gasteiger partial charge in [-0.25, -0.2) is 4.98 Å². The monoisotopic (exact) mass is 293 g/mol. The lowest BCUT2D eigenvalue weighted by atomic mass is 10.1. The van der Waals surface area contributed by atoms with E-state index >= 15 is 0 Å². The molecule has 1 aromatic rings. The van der Waals surface area contributed by atoms with E-state index in [4.69, 9.17) is 4.98 Å². The standard InChI is InChI=1S/C16H27N3S/c1-3-5-14-15(10-17-13-6-7-13)20-16(18-14)19-9-8-12(4-2)11-19/h12-13,17H,3-11H2,1-2H3. The summed E-state index contributed by atoms with van der Waals surface area (Å²) in [4.78, 5) is 8.95. The molecule has 20 heavy (non-hydrogen) atoms. The number of rotatable bonds is 7. The van der Waals surface area contributed by atoms with Crippen molar-refractivity contribution in [3.05, 3.63) is 10.6 Å². The highest BCUT2D eigenvalue weighted by molar-refractivity contribution is 7.15. The van der Waals surface area contributed by atoms with Gasteiger partial charge in [0.2, 0.25) is 0 Å². The van der Waals surface area contributed by atoms with Crippen molar-refractivity contribution in [1.29, 1.82) is 0 Å². The quantitative estimate of drug-likeness (QED) is 0.833. The van der Waals surface area contributed by atoms with Crippen molar-refractivity contribution >= 4 is 16.5 Å². The summed E-state index contributed by atoms with van der Waals surface area (Å²) >= 11 is 1.93. The highest BCUT2D eigenvalue weighted by Crippen LogP contribution is 2.32. The molecule has 4 heteroatoms. The Labute approximate surface area is 126 Å². The molecule has 1 aliphatic heterocycles. The molecule has 2 heterocycles. The van der Waals surface area contributed by atoms with Crippen molar-refractivity contribution in [3.8, 4) is 0 Å². The Bertz CT molecular complexity index is 439. The first-order valence-electron chi connectivity index (χ1n) is 8.27. The van der Waals surface area contributed by atoms with Gasteiger partial charge in [-0.15, -0.1) is 11.3 Å². The second kappa shape index (κ2) is 6.44. The third kappa shape index (κ3) is 3.34. The molecule has 0 bridgehead atoms. The maximum Gasteiger partial charge on any atom is 0.185 e. The van der Waals surface area contributed by atoms with Gasteiger partial charge in [0.05, 0.1) is 5.69 Å². The van der Waals surface area contributed by atoms with Crippen LogP contribution in [0.1, 0.15) is 56.5 Å². The van der Waals surface area contributed by atoms with Crippen LogP contribution in [0.25, 0.3) is 0 Å². The Balaban J connectivity index is 1.68. The van der Waals surface area contributed by atoms with E-state index in [-0.39, 0.29) is 0 Å². The molecule has 1 N–H and O–H groups in total. The van der Waals surface area contributed by atoms with Gasteiger partial charge in [0, 0.05) is 30.6 Å². The second-order valence-electron chi connectivity index (χ2n) is 6.28. The van der Waals surface area contributed by atoms with Crippen LogP contribution in [0.5, 0.6) is 0 Å². The SMILES string of the molecule is CCCc1nc(N2CCC(CC)C2)sc1CNC1CC1. The van der Waals surface area contributed by atoms with E-state index in [9.17, 15) is 0 Å². The first-order chi connectivity index (χ1) is 9.80. The molecule has 1 aliphatic carbocycles. The minimum Gasteiger partial charge on any atom is -0.348 e. The lowest BCUT2D eigenvalue weighted by Crippen LogP contribution is -2.19. The largest absolute Gasteiger partial charge is 0.348 e. The van der Waals surface area contributed by atoms with Gasteiger partial charge in [-0.1, -0.05) is 26.7 Å². The molecule has 3 rings (SSSR count). The Morgan fingerprint density at radius 2 is 2.15 bits per heavy atom. The number of anilines is 1. The van der Waals surface area contributed by atoms with Crippen LogP contribution in [0.3, 0.4) is 0 Å². The van der Waals surface area contributed by atoms with Gasteiger partial charge in [0.1, 0.15) is 0 Å². The van der Waals surface area contributed by atoms with E-state index in [1.54, 1.807) is 0 Å². The summed E-state index contributed by atoms with van der Waals surface area (Å²) in [5, 5.41) is 4.92. The van der Waals surface area contributed by atoms with Gasteiger partial charge in [0.25, 0.3) is 0 Å². The molecule has 1 unspecified atom stereocenters. The molecule has 2 fully saturated rings. The van der Waals surface area contributed by atoms with Gasteiger partial charge >= 0.3 is 0 Å². The van der Waals surface area contributed by atoms with Gasteiger partial charge in [-0.05, 0) is 31.6 Å². The van der Waals surface area contributed by atoms with Gasteiger partial charge in [-0.2, -0.15) is 0 Å². The molecule has 0 radical (unpaired) electrons. The number of hydrogen-bond acceptors (Lipinski definition) is 4.